The van der Waals surface area contributed by atoms with E-state index in [4.69, 9.17) is 4.74 Å². The van der Waals surface area contributed by atoms with Crippen molar-refractivity contribution < 1.29 is 9.53 Å². The van der Waals surface area contributed by atoms with Gasteiger partial charge in [0.15, 0.2) is 0 Å². The van der Waals surface area contributed by atoms with Crippen molar-refractivity contribution in [1.82, 2.24) is 5.32 Å². The summed E-state index contributed by atoms with van der Waals surface area (Å²) in [6, 6.07) is 7.77. The fraction of sp³-hybridized carbons (Fsp3) is 0.417. The van der Waals surface area contributed by atoms with Crippen molar-refractivity contribution in [1.29, 1.82) is 0 Å². The van der Waals surface area contributed by atoms with Gasteiger partial charge in [-0.2, -0.15) is 0 Å². The number of benzene rings is 1. The lowest BCUT2D eigenvalue weighted by atomic mass is 10.1. The molecule has 0 bridgehead atoms. The summed E-state index contributed by atoms with van der Waals surface area (Å²) in [6.07, 6.45) is 2.03. The van der Waals surface area contributed by atoms with Crippen LogP contribution in [-0.4, -0.2) is 25.2 Å². The summed E-state index contributed by atoms with van der Waals surface area (Å²) in [5.41, 5.74) is 0.744. The second kappa shape index (κ2) is 5.63. The van der Waals surface area contributed by atoms with Crippen molar-refractivity contribution in [3.05, 3.63) is 33.4 Å². The van der Waals surface area contributed by atoms with Gasteiger partial charge in [0.25, 0.3) is 5.91 Å². The van der Waals surface area contributed by atoms with E-state index in [9.17, 15) is 4.79 Å². The van der Waals surface area contributed by atoms with Crippen LogP contribution >= 0.6 is 22.6 Å². The number of carbonyl (C=O) groups excluding carboxylic acids is 1. The molecule has 1 amide bonds. The quantitative estimate of drug-likeness (QED) is 0.844. The van der Waals surface area contributed by atoms with Crippen molar-refractivity contribution in [2.45, 2.75) is 18.9 Å². The van der Waals surface area contributed by atoms with Crippen molar-refractivity contribution in [2.24, 2.45) is 0 Å². The number of amides is 1. The van der Waals surface area contributed by atoms with Crippen molar-refractivity contribution in [3.63, 3.8) is 0 Å². The molecule has 1 heterocycles. The van der Waals surface area contributed by atoms with E-state index in [0.29, 0.717) is 6.61 Å². The maximum Gasteiger partial charge on any atom is 0.252 e. The van der Waals surface area contributed by atoms with Gasteiger partial charge in [-0.05, 0) is 47.6 Å². The predicted molar refractivity (Wildman–Crippen MR) is 70.5 cm³/mol. The Labute approximate surface area is 109 Å². The van der Waals surface area contributed by atoms with E-state index in [1.165, 1.54) is 0 Å². The van der Waals surface area contributed by atoms with E-state index in [1.54, 1.807) is 0 Å². The molecule has 1 fully saturated rings. The molecule has 1 aliphatic rings. The normalized spacial score (nSPS) is 20.4. The first-order valence-electron chi connectivity index (χ1n) is 5.40. The van der Waals surface area contributed by atoms with Gasteiger partial charge in [0.05, 0.1) is 18.2 Å². The van der Waals surface area contributed by atoms with Crippen LogP contribution in [0.1, 0.15) is 23.2 Å². The van der Waals surface area contributed by atoms with E-state index in [2.05, 4.69) is 27.9 Å². The van der Waals surface area contributed by atoms with Gasteiger partial charge in [0.1, 0.15) is 0 Å². The van der Waals surface area contributed by atoms with Crippen LogP contribution in [0.3, 0.4) is 0 Å². The SMILES string of the molecule is O=C(NC1CCCOC1)c1ccccc1I. The average Bonchev–Trinajstić information content (AvgIpc) is 2.31. The Bertz CT molecular complexity index is 375. The van der Waals surface area contributed by atoms with E-state index < -0.39 is 0 Å². The first-order chi connectivity index (χ1) is 7.77. The third-order valence-electron chi connectivity index (χ3n) is 2.61. The van der Waals surface area contributed by atoms with Crippen LogP contribution in [0, 0.1) is 3.57 Å². The molecule has 0 radical (unpaired) electrons. The first-order valence-corrected chi connectivity index (χ1v) is 6.48. The number of halogens is 1. The Balaban J connectivity index is 2.00. The van der Waals surface area contributed by atoms with Crippen LogP contribution < -0.4 is 5.32 Å². The smallest absolute Gasteiger partial charge is 0.252 e. The Morgan fingerprint density at radius 2 is 2.25 bits per heavy atom. The average molecular weight is 331 g/mol. The number of nitrogens with one attached hydrogen (secondary N) is 1. The standard InChI is InChI=1S/C12H14INO2/c13-11-6-2-1-5-10(11)12(15)14-9-4-3-7-16-8-9/h1-2,5-6,9H,3-4,7-8H2,(H,14,15). The van der Waals surface area contributed by atoms with E-state index in [1.807, 2.05) is 24.3 Å². The highest BCUT2D eigenvalue weighted by molar-refractivity contribution is 14.1. The highest BCUT2D eigenvalue weighted by Crippen LogP contribution is 2.12. The molecule has 1 saturated heterocycles. The summed E-state index contributed by atoms with van der Waals surface area (Å²) in [7, 11) is 0. The van der Waals surface area contributed by atoms with Gasteiger partial charge in [-0.3, -0.25) is 4.79 Å². The number of rotatable bonds is 2. The lowest BCUT2D eigenvalue weighted by molar-refractivity contribution is 0.0623. The summed E-state index contributed by atoms with van der Waals surface area (Å²) in [4.78, 5) is 12.0. The molecule has 1 aliphatic heterocycles. The third kappa shape index (κ3) is 2.95. The third-order valence-corrected chi connectivity index (χ3v) is 3.55. The van der Waals surface area contributed by atoms with Gasteiger partial charge in [-0.1, -0.05) is 12.1 Å². The van der Waals surface area contributed by atoms with Gasteiger partial charge in [0.2, 0.25) is 0 Å². The summed E-state index contributed by atoms with van der Waals surface area (Å²) in [5.74, 6) is 0.000463. The fourth-order valence-electron chi connectivity index (χ4n) is 1.76. The Kier molecular flexibility index (Phi) is 4.17. The molecular weight excluding hydrogens is 317 g/mol. The molecule has 1 N–H and O–H groups in total. The summed E-state index contributed by atoms with van der Waals surface area (Å²) in [5, 5.41) is 3.01. The minimum Gasteiger partial charge on any atom is -0.379 e. The molecule has 0 aliphatic carbocycles. The molecule has 1 aromatic rings. The minimum absolute atomic E-state index is 0.000463. The Morgan fingerprint density at radius 3 is 2.94 bits per heavy atom. The van der Waals surface area contributed by atoms with Crippen LogP contribution in [0.4, 0.5) is 0 Å². The summed E-state index contributed by atoms with van der Waals surface area (Å²) < 4.78 is 6.31. The second-order valence-corrected chi connectivity index (χ2v) is 5.03. The Hall–Kier alpha value is -0.620. The lowest BCUT2D eigenvalue weighted by Gasteiger charge is -2.23. The Morgan fingerprint density at radius 1 is 1.44 bits per heavy atom. The molecule has 3 nitrogen and oxygen atoms in total. The summed E-state index contributed by atoms with van der Waals surface area (Å²) in [6.45, 7) is 1.45. The van der Waals surface area contributed by atoms with Crippen molar-refractivity contribution in [3.8, 4) is 0 Å². The van der Waals surface area contributed by atoms with E-state index >= 15 is 0 Å². The molecule has 4 heteroatoms. The maximum atomic E-state index is 12.0. The van der Waals surface area contributed by atoms with Gasteiger partial charge in [-0.15, -0.1) is 0 Å². The van der Waals surface area contributed by atoms with Crippen LogP contribution in [0.2, 0.25) is 0 Å². The van der Waals surface area contributed by atoms with Crippen LogP contribution in [-0.2, 0) is 4.74 Å². The van der Waals surface area contributed by atoms with E-state index in [0.717, 1.165) is 28.6 Å². The first kappa shape index (κ1) is 11.9. The van der Waals surface area contributed by atoms with Crippen LogP contribution in [0.15, 0.2) is 24.3 Å². The van der Waals surface area contributed by atoms with Crippen LogP contribution in [0.5, 0.6) is 0 Å². The van der Waals surface area contributed by atoms with Crippen molar-refractivity contribution in [2.75, 3.05) is 13.2 Å². The number of hydrogen-bond acceptors (Lipinski definition) is 2. The molecule has 1 atom stereocenters. The molecule has 1 unspecified atom stereocenters. The van der Waals surface area contributed by atoms with Gasteiger partial charge in [0, 0.05) is 10.2 Å². The topological polar surface area (TPSA) is 38.3 Å². The molecular formula is C12H14INO2. The zero-order valence-corrected chi connectivity index (χ0v) is 11.1. The van der Waals surface area contributed by atoms with Crippen molar-refractivity contribution >= 4 is 28.5 Å². The lowest BCUT2D eigenvalue weighted by Crippen LogP contribution is -2.40. The molecule has 86 valence electrons. The number of carbonyl (C=O) groups is 1. The monoisotopic (exact) mass is 331 g/mol. The predicted octanol–water partition coefficient (Wildman–Crippen LogP) is 2.20. The van der Waals surface area contributed by atoms with Gasteiger partial charge in [-0.25, -0.2) is 0 Å². The summed E-state index contributed by atoms with van der Waals surface area (Å²) >= 11 is 2.18. The van der Waals surface area contributed by atoms with Gasteiger partial charge < -0.3 is 10.1 Å². The molecule has 0 saturated carbocycles. The van der Waals surface area contributed by atoms with E-state index in [-0.39, 0.29) is 11.9 Å². The molecule has 0 aromatic heterocycles. The number of ether oxygens (including phenoxy) is 1. The fourth-order valence-corrected chi connectivity index (χ4v) is 2.40. The highest BCUT2D eigenvalue weighted by atomic mass is 127. The highest BCUT2D eigenvalue weighted by Gasteiger charge is 2.17. The zero-order valence-electron chi connectivity index (χ0n) is 8.91. The van der Waals surface area contributed by atoms with Crippen LogP contribution in [0.25, 0.3) is 0 Å². The maximum absolute atomic E-state index is 12.0. The zero-order chi connectivity index (χ0) is 11.4. The minimum atomic E-state index is 0.000463. The molecule has 1 aromatic carbocycles. The largest absolute Gasteiger partial charge is 0.379 e. The second-order valence-electron chi connectivity index (χ2n) is 3.87. The molecule has 16 heavy (non-hydrogen) atoms. The number of hydrogen-bond donors (Lipinski definition) is 1. The molecule has 2 rings (SSSR count). The van der Waals surface area contributed by atoms with Gasteiger partial charge >= 0.3 is 0 Å². The molecule has 0 spiro atoms.